The van der Waals surface area contributed by atoms with E-state index in [9.17, 15) is 14.4 Å². The molecule has 1 aliphatic carbocycles. The van der Waals surface area contributed by atoms with Gasteiger partial charge in [-0.15, -0.1) is 0 Å². The number of hydrogen-bond donors (Lipinski definition) is 1. The Kier molecular flexibility index (Phi) is 5.71. The maximum Gasteiger partial charge on any atom is 0.330 e. The molecule has 0 spiro atoms. The third-order valence-corrected chi connectivity index (χ3v) is 6.20. The second-order valence-electron chi connectivity index (χ2n) is 8.24. The third kappa shape index (κ3) is 4.15. The van der Waals surface area contributed by atoms with Gasteiger partial charge in [0.25, 0.3) is 5.56 Å². The van der Waals surface area contributed by atoms with Gasteiger partial charge in [-0.1, -0.05) is 18.9 Å². The Bertz CT molecular complexity index is 1140. The fourth-order valence-corrected chi connectivity index (χ4v) is 4.42. The summed E-state index contributed by atoms with van der Waals surface area (Å²) >= 11 is 0. The molecule has 2 heterocycles. The van der Waals surface area contributed by atoms with Crippen molar-refractivity contribution in [2.24, 2.45) is 14.1 Å². The molecular formula is C23H27N3O5. The Morgan fingerprint density at radius 1 is 1.13 bits per heavy atom. The predicted octanol–water partition coefficient (Wildman–Crippen LogP) is 1.50. The van der Waals surface area contributed by atoms with Crippen molar-refractivity contribution < 1.29 is 14.3 Å². The standard InChI is InChI=1S/C23H27N3O5/c1-25-14-16(21(28)26(2)22(25)29)5-8-20(27)24-15-23(9-3-4-10-23)17-6-7-18-19(13-17)31-12-11-30-18/h5-8,13-14H,3-4,9-12,15H2,1-2H3,(H,24,27)/b8-5+. The molecule has 1 aromatic carbocycles. The number of amides is 1. The molecule has 164 valence electrons. The molecule has 8 heteroatoms. The van der Waals surface area contributed by atoms with Crippen LogP contribution in [-0.2, 0) is 24.3 Å². The van der Waals surface area contributed by atoms with Gasteiger partial charge in [0.05, 0.1) is 5.56 Å². The topological polar surface area (TPSA) is 91.6 Å². The monoisotopic (exact) mass is 425 g/mol. The van der Waals surface area contributed by atoms with Gasteiger partial charge in [-0.05, 0) is 36.6 Å². The van der Waals surface area contributed by atoms with Crippen molar-refractivity contribution in [1.82, 2.24) is 14.5 Å². The molecule has 1 fully saturated rings. The summed E-state index contributed by atoms with van der Waals surface area (Å²) < 4.78 is 13.7. The summed E-state index contributed by atoms with van der Waals surface area (Å²) in [5, 5.41) is 3.00. The molecule has 2 aromatic rings. The highest BCUT2D eigenvalue weighted by Crippen LogP contribution is 2.43. The number of benzene rings is 1. The smallest absolute Gasteiger partial charge is 0.330 e. The SMILES string of the molecule is Cn1cc(/C=C/C(=O)NCC2(c3ccc4c(c3)OCCO4)CCCC2)c(=O)n(C)c1=O. The highest BCUT2D eigenvalue weighted by atomic mass is 16.6. The first-order valence-corrected chi connectivity index (χ1v) is 10.5. The Hall–Kier alpha value is -3.29. The first-order chi connectivity index (χ1) is 14.9. The Morgan fingerprint density at radius 2 is 1.84 bits per heavy atom. The van der Waals surface area contributed by atoms with Gasteiger partial charge in [0.1, 0.15) is 13.2 Å². The van der Waals surface area contributed by atoms with Gasteiger partial charge < -0.3 is 19.4 Å². The number of ether oxygens (including phenoxy) is 2. The molecule has 1 aliphatic heterocycles. The average Bonchev–Trinajstić information content (AvgIpc) is 3.27. The van der Waals surface area contributed by atoms with Crippen LogP contribution >= 0.6 is 0 Å². The van der Waals surface area contributed by atoms with E-state index in [4.69, 9.17) is 9.47 Å². The fraction of sp³-hybridized carbons (Fsp3) is 0.435. The Labute approximate surface area is 180 Å². The molecule has 0 radical (unpaired) electrons. The number of hydrogen-bond acceptors (Lipinski definition) is 5. The van der Waals surface area contributed by atoms with Crippen molar-refractivity contribution in [3.05, 3.63) is 62.4 Å². The zero-order valence-corrected chi connectivity index (χ0v) is 17.8. The van der Waals surface area contributed by atoms with Crippen molar-refractivity contribution in [3.8, 4) is 11.5 Å². The highest BCUT2D eigenvalue weighted by molar-refractivity contribution is 5.91. The van der Waals surface area contributed by atoms with Crippen molar-refractivity contribution in [3.63, 3.8) is 0 Å². The molecule has 2 aliphatic rings. The summed E-state index contributed by atoms with van der Waals surface area (Å²) in [6, 6.07) is 6.05. The predicted molar refractivity (Wildman–Crippen MR) is 117 cm³/mol. The van der Waals surface area contributed by atoms with E-state index < -0.39 is 11.2 Å². The van der Waals surface area contributed by atoms with Gasteiger partial charge >= 0.3 is 5.69 Å². The quantitative estimate of drug-likeness (QED) is 0.733. The number of fused-ring (bicyclic) bond motifs is 1. The molecule has 0 atom stereocenters. The van der Waals surface area contributed by atoms with Crippen LogP contribution in [0.1, 0.15) is 36.8 Å². The Balaban J connectivity index is 1.49. The second kappa shape index (κ2) is 8.45. The maximum absolute atomic E-state index is 12.5. The number of aryl methyl sites for hydroxylation is 1. The highest BCUT2D eigenvalue weighted by Gasteiger charge is 2.36. The zero-order chi connectivity index (χ0) is 22.0. The van der Waals surface area contributed by atoms with Gasteiger partial charge in [-0.2, -0.15) is 0 Å². The maximum atomic E-state index is 12.5. The largest absolute Gasteiger partial charge is 0.486 e. The number of rotatable bonds is 5. The molecule has 31 heavy (non-hydrogen) atoms. The minimum atomic E-state index is -0.435. The van der Waals surface area contributed by atoms with E-state index in [1.54, 1.807) is 7.05 Å². The lowest BCUT2D eigenvalue weighted by Crippen LogP contribution is -2.39. The summed E-state index contributed by atoms with van der Waals surface area (Å²) in [7, 11) is 2.98. The van der Waals surface area contributed by atoms with Crippen LogP contribution in [-0.4, -0.2) is 34.8 Å². The molecule has 1 amide bonds. The number of carbonyl (C=O) groups is 1. The number of nitrogens with one attached hydrogen (secondary N) is 1. The average molecular weight is 425 g/mol. The molecular weight excluding hydrogens is 398 g/mol. The van der Waals surface area contributed by atoms with Crippen LogP contribution in [0.15, 0.2) is 40.1 Å². The van der Waals surface area contributed by atoms with E-state index in [0.29, 0.717) is 19.8 Å². The molecule has 0 saturated heterocycles. The first-order valence-electron chi connectivity index (χ1n) is 10.5. The minimum Gasteiger partial charge on any atom is -0.486 e. The van der Waals surface area contributed by atoms with Gasteiger partial charge in [0, 0.05) is 38.3 Å². The molecule has 1 saturated carbocycles. The van der Waals surface area contributed by atoms with Gasteiger partial charge in [0.15, 0.2) is 11.5 Å². The van der Waals surface area contributed by atoms with E-state index in [-0.39, 0.29) is 16.9 Å². The van der Waals surface area contributed by atoms with Crippen LogP contribution in [0.4, 0.5) is 0 Å². The van der Waals surface area contributed by atoms with Gasteiger partial charge in [-0.3, -0.25) is 14.2 Å². The number of carbonyl (C=O) groups excluding carboxylic acids is 1. The molecule has 8 nitrogen and oxygen atoms in total. The van der Waals surface area contributed by atoms with Crippen molar-refractivity contribution >= 4 is 12.0 Å². The lowest BCUT2D eigenvalue weighted by molar-refractivity contribution is -0.116. The molecule has 1 N–H and O–H groups in total. The fourth-order valence-electron chi connectivity index (χ4n) is 4.42. The molecule has 0 bridgehead atoms. The first kappa shape index (κ1) is 21.0. The summed E-state index contributed by atoms with van der Waals surface area (Å²) in [5.41, 5.74) is 0.434. The van der Waals surface area contributed by atoms with E-state index in [0.717, 1.165) is 47.3 Å². The van der Waals surface area contributed by atoms with Gasteiger partial charge in [0.2, 0.25) is 5.91 Å². The van der Waals surface area contributed by atoms with Crippen LogP contribution in [0.25, 0.3) is 6.08 Å². The number of nitrogens with zero attached hydrogens (tertiary/aromatic N) is 2. The lowest BCUT2D eigenvalue weighted by atomic mass is 9.78. The van der Waals surface area contributed by atoms with Crippen LogP contribution in [0.2, 0.25) is 0 Å². The van der Waals surface area contributed by atoms with Crippen molar-refractivity contribution in [2.45, 2.75) is 31.1 Å². The minimum absolute atomic E-state index is 0.147. The molecule has 4 rings (SSSR count). The summed E-state index contributed by atoms with van der Waals surface area (Å²) in [5.74, 6) is 1.24. The zero-order valence-electron chi connectivity index (χ0n) is 17.8. The van der Waals surface area contributed by atoms with Crippen LogP contribution in [0.3, 0.4) is 0 Å². The summed E-state index contributed by atoms with van der Waals surface area (Å²) in [4.78, 5) is 36.5. The Morgan fingerprint density at radius 3 is 2.58 bits per heavy atom. The van der Waals surface area contributed by atoms with Gasteiger partial charge in [-0.25, -0.2) is 4.79 Å². The third-order valence-electron chi connectivity index (χ3n) is 6.20. The summed E-state index contributed by atoms with van der Waals surface area (Å²) in [6.07, 6.45) is 8.40. The van der Waals surface area contributed by atoms with Crippen molar-refractivity contribution in [2.75, 3.05) is 19.8 Å². The van der Waals surface area contributed by atoms with Crippen LogP contribution < -0.4 is 26.0 Å². The summed E-state index contributed by atoms with van der Waals surface area (Å²) in [6.45, 7) is 1.59. The van der Waals surface area contributed by atoms with Crippen LogP contribution in [0.5, 0.6) is 11.5 Å². The second-order valence-corrected chi connectivity index (χ2v) is 8.24. The lowest BCUT2D eigenvalue weighted by Gasteiger charge is -2.31. The van der Waals surface area contributed by atoms with E-state index in [1.165, 1.54) is 30.0 Å². The van der Waals surface area contributed by atoms with E-state index >= 15 is 0 Å². The number of aromatic nitrogens is 2. The normalized spacial score (nSPS) is 17.1. The van der Waals surface area contributed by atoms with Crippen molar-refractivity contribution in [1.29, 1.82) is 0 Å². The molecule has 1 aromatic heterocycles. The molecule has 0 unspecified atom stereocenters. The van der Waals surface area contributed by atoms with E-state index in [1.807, 2.05) is 12.1 Å². The van der Waals surface area contributed by atoms with E-state index in [2.05, 4.69) is 11.4 Å². The van der Waals surface area contributed by atoms with Crippen LogP contribution in [0, 0.1) is 0 Å².